The van der Waals surface area contributed by atoms with E-state index in [-0.39, 0.29) is 0 Å². The van der Waals surface area contributed by atoms with Crippen molar-refractivity contribution < 1.29 is 8.42 Å². The smallest absolute Gasteiger partial charge is 0.236 e. The summed E-state index contributed by atoms with van der Waals surface area (Å²) < 4.78 is 27.9. The summed E-state index contributed by atoms with van der Waals surface area (Å²) in [5.74, 6) is 0.689. The Bertz CT molecular complexity index is 1140. The third-order valence-electron chi connectivity index (χ3n) is 5.64. The van der Waals surface area contributed by atoms with Crippen LogP contribution in [0.5, 0.6) is 0 Å². The normalized spacial score (nSPS) is 16.6. The van der Waals surface area contributed by atoms with Gasteiger partial charge in [-0.3, -0.25) is 0 Å². The van der Waals surface area contributed by atoms with Crippen molar-refractivity contribution in [2.24, 2.45) is 0 Å². The Balaban J connectivity index is 1.42. The van der Waals surface area contributed by atoms with Crippen LogP contribution in [0.15, 0.2) is 59.6 Å². The van der Waals surface area contributed by atoms with Gasteiger partial charge >= 0.3 is 0 Å². The first-order valence-electron chi connectivity index (χ1n) is 9.63. The summed E-state index contributed by atoms with van der Waals surface area (Å²) in [6.45, 7) is 0.765. The molecule has 1 aliphatic carbocycles. The molecule has 5 nitrogen and oxygen atoms in total. The maximum absolute atomic E-state index is 13.2. The van der Waals surface area contributed by atoms with Gasteiger partial charge in [0.2, 0.25) is 10.0 Å². The summed E-state index contributed by atoms with van der Waals surface area (Å²) >= 11 is 0. The van der Waals surface area contributed by atoms with Crippen molar-refractivity contribution in [2.75, 3.05) is 6.54 Å². The first-order chi connectivity index (χ1) is 13.6. The van der Waals surface area contributed by atoms with Crippen LogP contribution in [0.1, 0.15) is 28.8 Å². The number of aryl methyl sites for hydroxylation is 2. The standard InChI is InChI=1S/C22H21N3O2S/c26-28(27,20-10-9-16-7-4-8-18(16)13-20)25-12-11-21-19(15-25)14-23-22(24-21)17-5-2-1-3-6-17/h1-3,5-6,9-10,13-14H,4,7-8,11-12,15H2. The summed E-state index contributed by atoms with van der Waals surface area (Å²) in [5, 5.41) is 0. The largest absolute Gasteiger partial charge is 0.243 e. The van der Waals surface area contributed by atoms with Crippen LogP contribution >= 0.6 is 0 Å². The van der Waals surface area contributed by atoms with Crippen molar-refractivity contribution in [1.82, 2.24) is 14.3 Å². The minimum Gasteiger partial charge on any atom is -0.236 e. The summed E-state index contributed by atoms with van der Waals surface area (Å²) in [5.41, 5.74) is 5.25. The minimum absolute atomic E-state index is 0.323. The topological polar surface area (TPSA) is 63.2 Å². The first-order valence-corrected chi connectivity index (χ1v) is 11.1. The molecule has 0 spiro atoms. The van der Waals surface area contributed by atoms with E-state index in [0.717, 1.165) is 36.1 Å². The second kappa shape index (κ2) is 6.79. The van der Waals surface area contributed by atoms with Crippen LogP contribution < -0.4 is 0 Å². The highest BCUT2D eigenvalue weighted by Gasteiger charge is 2.30. The SMILES string of the molecule is O=S(=O)(c1ccc2c(c1)CCC2)N1CCc2nc(-c3ccccc3)ncc2C1. The van der Waals surface area contributed by atoms with E-state index in [0.29, 0.717) is 30.2 Å². The number of sulfonamides is 1. The van der Waals surface area contributed by atoms with Gasteiger partial charge in [0.25, 0.3) is 0 Å². The van der Waals surface area contributed by atoms with Gasteiger partial charge in [0.1, 0.15) is 0 Å². The first kappa shape index (κ1) is 17.5. The van der Waals surface area contributed by atoms with Crippen molar-refractivity contribution >= 4 is 10.0 Å². The molecular weight excluding hydrogens is 370 g/mol. The van der Waals surface area contributed by atoms with Gasteiger partial charge in [-0.25, -0.2) is 18.4 Å². The Morgan fingerprint density at radius 2 is 1.71 bits per heavy atom. The third-order valence-corrected chi connectivity index (χ3v) is 7.48. The Labute approximate surface area is 165 Å². The average molecular weight is 391 g/mol. The molecule has 1 aliphatic heterocycles. The second-order valence-corrected chi connectivity index (χ2v) is 9.34. The molecule has 3 aromatic rings. The van der Waals surface area contributed by atoms with Crippen LogP contribution in [0.2, 0.25) is 0 Å². The third kappa shape index (κ3) is 3.02. The van der Waals surface area contributed by atoms with Gasteiger partial charge < -0.3 is 0 Å². The number of nitrogens with zero attached hydrogens (tertiary/aromatic N) is 3. The fourth-order valence-corrected chi connectivity index (χ4v) is 5.55. The van der Waals surface area contributed by atoms with Crippen LogP contribution in [0.25, 0.3) is 11.4 Å². The van der Waals surface area contributed by atoms with Gasteiger partial charge in [-0.1, -0.05) is 36.4 Å². The molecule has 0 saturated heterocycles. The lowest BCUT2D eigenvalue weighted by molar-refractivity contribution is 0.387. The fourth-order valence-electron chi connectivity index (χ4n) is 4.08. The summed E-state index contributed by atoms with van der Waals surface area (Å²) in [7, 11) is -3.51. The molecule has 2 heterocycles. The van der Waals surface area contributed by atoms with E-state index in [1.807, 2.05) is 42.5 Å². The molecule has 0 atom stereocenters. The number of hydrogen-bond donors (Lipinski definition) is 0. The molecule has 5 rings (SSSR count). The van der Waals surface area contributed by atoms with E-state index >= 15 is 0 Å². The lowest BCUT2D eigenvalue weighted by Gasteiger charge is -2.27. The van der Waals surface area contributed by atoms with E-state index in [4.69, 9.17) is 0 Å². The summed E-state index contributed by atoms with van der Waals surface area (Å²) in [4.78, 5) is 9.55. The number of fused-ring (bicyclic) bond motifs is 2. The zero-order valence-corrected chi connectivity index (χ0v) is 16.3. The quantitative estimate of drug-likeness (QED) is 0.687. The number of hydrogen-bond acceptors (Lipinski definition) is 4. The summed E-state index contributed by atoms with van der Waals surface area (Å²) in [6.07, 6.45) is 5.50. The molecular formula is C22H21N3O2S. The van der Waals surface area contributed by atoms with E-state index < -0.39 is 10.0 Å². The predicted molar refractivity (Wildman–Crippen MR) is 107 cm³/mol. The van der Waals surface area contributed by atoms with Crippen molar-refractivity contribution in [2.45, 2.75) is 37.1 Å². The maximum Gasteiger partial charge on any atom is 0.243 e. The highest BCUT2D eigenvalue weighted by atomic mass is 32.2. The Morgan fingerprint density at radius 1 is 0.893 bits per heavy atom. The molecule has 6 heteroatoms. The molecule has 0 radical (unpaired) electrons. The van der Waals surface area contributed by atoms with Crippen molar-refractivity contribution in [1.29, 1.82) is 0 Å². The molecule has 0 unspecified atom stereocenters. The molecule has 0 bridgehead atoms. The van der Waals surface area contributed by atoms with E-state index in [9.17, 15) is 8.42 Å². The van der Waals surface area contributed by atoms with E-state index in [1.165, 1.54) is 11.1 Å². The van der Waals surface area contributed by atoms with Crippen molar-refractivity contribution in [3.8, 4) is 11.4 Å². The zero-order valence-electron chi connectivity index (χ0n) is 15.5. The van der Waals surface area contributed by atoms with Gasteiger partial charge in [-0.15, -0.1) is 0 Å². The molecule has 0 saturated carbocycles. The zero-order chi connectivity index (χ0) is 19.1. The van der Waals surface area contributed by atoms with Gasteiger partial charge in [-0.05, 0) is 42.5 Å². The van der Waals surface area contributed by atoms with Crippen LogP contribution in [0.3, 0.4) is 0 Å². The van der Waals surface area contributed by atoms with Gasteiger partial charge in [-0.2, -0.15) is 4.31 Å². The average Bonchev–Trinajstić information content (AvgIpc) is 3.21. The number of rotatable bonds is 3. The van der Waals surface area contributed by atoms with E-state index in [1.54, 1.807) is 16.6 Å². The van der Waals surface area contributed by atoms with Crippen LogP contribution in [-0.2, 0) is 35.8 Å². The molecule has 2 aliphatic rings. The van der Waals surface area contributed by atoms with Gasteiger partial charge in [0.05, 0.1) is 10.6 Å². The second-order valence-electron chi connectivity index (χ2n) is 7.40. The predicted octanol–water partition coefficient (Wildman–Crippen LogP) is 3.38. The lowest BCUT2D eigenvalue weighted by atomic mass is 10.1. The van der Waals surface area contributed by atoms with Gasteiger partial charge in [0, 0.05) is 36.8 Å². The lowest BCUT2D eigenvalue weighted by Crippen LogP contribution is -2.36. The van der Waals surface area contributed by atoms with Gasteiger partial charge in [0.15, 0.2) is 5.82 Å². The molecule has 2 aromatic carbocycles. The molecule has 0 fully saturated rings. The Morgan fingerprint density at radius 3 is 2.57 bits per heavy atom. The Kier molecular flexibility index (Phi) is 4.25. The number of benzene rings is 2. The highest BCUT2D eigenvalue weighted by molar-refractivity contribution is 7.89. The molecule has 1 aromatic heterocycles. The molecule has 142 valence electrons. The minimum atomic E-state index is -3.51. The summed E-state index contributed by atoms with van der Waals surface area (Å²) in [6, 6.07) is 15.4. The van der Waals surface area contributed by atoms with E-state index in [2.05, 4.69) is 9.97 Å². The highest BCUT2D eigenvalue weighted by Crippen LogP contribution is 2.29. The monoisotopic (exact) mass is 391 g/mol. The van der Waals surface area contributed by atoms with Crippen LogP contribution in [-0.4, -0.2) is 29.2 Å². The molecule has 0 amide bonds. The molecule has 0 N–H and O–H groups in total. The Hall–Kier alpha value is -2.57. The number of aromatic nitrogens is 2. The maximum atomic E-state index is 13.2. The molecule has 28 heavy (non-hydrogen) atoms. The van der Waals surface area contributed by atoms with Crippen LogP contribution in [0, 0.1) is 0 Å². The fraction of sp³-hybridized carbons (Fsp3) is 0.273. The van der Waals surface area contributed by atoms with Crippen molar-refractivity contribution in [3.05, 3.63) is 77.1 Å². The van der Waals surface area contributed by atoms with Crippen LogP contribution in [0.4, 0.5) is 0 Å². The van der Waals surface area contributed by atoms with Crippen molar-refractivity contribution in [3.63, 3.8) is 0 Å².